The summed E-state index contributed by atoms with van der Waals surface area (Å²) in [4.78, 5) is 22.8. The van der Waals surface area contributed by atoms with Crippen LogP contribution in [0.15, 0.2) is 72.8 Å². The van der Waals surface area contributed by atoms with Gasteiger partial charge in [0.05, 0.1) is 6.10 Å². The first-order valence-corrected chi connectivity index (χ1v) is 11.3. The minimum Gasteiger partial charge on any atom is -0.482 e. The molecule has 3 aromatic carbocycles. The highest BCUT2D eigenvalue weighted by molar-refractivity contribution is 5.79. The molecule has 35 heavy (non-hydrogen) atoms. The Labute approximate surface area is 202 Å². The van der Waals surface area contributed by atoms with Crippen molar-refractivity contribution in [2.75, 3.05) is 19.8 Å². The zero-order valence-corrected chi connectivity index (χ0v) is 19.0. The molecule has 0 aliphatic heterocycles. The number of hydrogen-bond acceptors (Lipinski definition) is 6. The lowest BCUT2D eigenvalue weighted by Gasteiger charge is -2.19. The van der Waals surface area contributed by atoms with E-state index in [1.165, 1.54) is 12.1 Å². The number of carbonyl (C=O) groups is 2. The van der Waals surface area contributed by atoms with Gasteiger partial charge >= 0.3 is 12.1 Å². The number of amides is 1. The maximum absolute atomic E-state index is 12.3. The number of nitrogens with one attached hydrogen (secondary N) is 1. The Hall–Kier alpha value is -3.88. The van der Waals surface area contributed by atoms with Crippen molar-refractivity contribution >= 4 is 12.1 Å². The normalized spacial score (nSPS) is 13.9. The maximum atomic E-state index is 12.3. The molecule has 8 nitrogen and oxygen atoms in total. The molecule has 1 aliphatic carbocycles. The topological polar surface area (TPSA) is 125 Å². The molecule has 0 heterocycles. The summed E-state index contributed by atoms with van der Waals surface area (Å²) in [7, 11) is 0. The molecule has 1 amide bonds. The molecule has 0 bridgehead atoms. The molecule has 3 aromatic rings. The summed E-state index contributed by atoms with van der Waals surface area (Å²) in [6, 6.07) is 22.3. The summed E-state index contributed by atoms with van der Waals surface area (Å²) in [6.07, 6.45) is -2.76. The van der Waals surface area contributed by atoms with Gasteiger partial charge in [-0.3, -0.25) is 0 Å². The molecule has 2 atom stereocenters. The van der Waals surface area contributed by atoms with E-state index in [1.54, 1.807) is 12.1 Å². The summed E-state index contributed by atoms with van der Waals surface area (Å²) < 4.78 is 10.5. The van der Waals surface area contributed by atoms with Crippen molar-refractivity contribution in [3.05, 3.63) is 89.5 Å². The van der Waals surface area contributed by atoms with Crippen LogP contribution in [0.3, 0.4) is 0 Å². The molecule has 0 spiro atoms. The summed E-state index contributed by atoms with van der Waals surface area (Å²) in [5.74, 6) is -0.786. The number of fused-ring (bicyclic) bond motifs is 3. The van der Waals surface area contributed by atoms with Gasteiger partial charge in [-0.2, -0.15) is 0 Å². The Morgan fingerprint density at radius 1 is 0.886 bits per heavy atom. The third-order valence-corrected chi connectivity index (χ3v) is 6.00. The molecule has 1 aliphatic rings. The van der Waals surface area contributed by atoms with E-state index in [-0.39, 0.29) is 25.5 Å². The van der Waals surface area contributed by atoms with Gasteiger partial charge in [0.25, 0.3) is 0 Å². The number of carbonyl (C=O) groups excluding carboxylic acids is 1. The van der Waals surface area contributed by atoms with Gasteiger partial charge in [-0.15, -0.1) is 0 Å². The van der Waals surface area contributed by atoms with Gasteiger partial charge in [-0.25, -0.2) is 9.59 Å². The van der Waals surface area contributed by atoms with Crippen molar-refractivity contribution < 1.29 is 34.4 Å². The van der Waals surface area contributed by atoms with Crippen LogP contribution < -0.4 is 10.1 Å². The predicted octanol–water partition coefficient (Wildman–Crippen LogP) is 3.47. The standard InChI is InChI=1S/C27H27NO7/c29-24(26(32)17-9-11-18(12-10-17)34-16-25(30)31)13-14-28-27(33)35-15-23-21-7-3-1-5-19(21)20-6-2-4-8-22(20)23/h1-12,23-24,26,29,32H,13-16H2,(H,28,33)(H,30,31). The fourth-order valence-corrected chi connectivity index (χ4v) is 4.26. The van der Waals surface area contributed by atoms with Crippen LogP contribution in [-0.2, 0) is 9.53 Å². The first-order chi connectivity index (χ1) is 16.9. The zero-order chi connectivity index (χ0) is 24.8. The molecule has 0 aromatic heterocycles. The number of aliphatic hydroxyl groups excluding tert-OH is 2. The van der Waals surface area contributed by atoms with Crippen LogP contribution >= 0.6 is 0 Å². The fraction of sp³-hybridized carbons (Fsp3) is 0.259. The van der Waals surface area contributed by atoms with E-state index in [4.69, 9.17) is 14.6 Å². The van der Waals surface area contributed by atoms with Crippen LogP contribution in [0, 0.1) is 0 Å². The quantitative estimate of drug-likeness (QED) is 0.352. The average molecular weight is 478 g/mol. The van der Waals surface area contributed by atoms with E-state index in [9.17, 15) is 19.8 Å². The first-order valence-electron chi connectivity index (χ1n) is 11.3. The highest BCUT2D eigenvalue weighted by Crippen LogP contribution is 2.44. The fourth-order valence-electron chi connectivity index (χ4n) is 4.26. The molecule has 0 saturated heterocycles. The van der Waals surface area contributed by atoms with Gasteiger partial charge in [-0.05, 0) is 46.4 Å². The number of ether oxygens (including phenoxy) is 2. The number of alkyl carbamates (subject to hydrolysis) is 1. The van der Waals surface area contributed by atoms with Crippen molar-refractivity contribution in [3.63, 3.8) is 0 Å². The Balaban J connectivity index is 1.23. The first kappa shape index (κ1) is 24.3. The summed E-state index contributed by atoms with van der Waals surface area (Å²) >= 11 is 0. The van der Waals surface area contributed by atoms with Crippen molar-refractivity contribution in [2.24, 2.45) is 0 Å². The second kappa shape index (κ2) is 11.0. The molecule has 2 unspecified atom stereocenters. The third-order valence-electron chi connectivity index (χ3n) is 6.00. The molecule has 4 N–H and O–H groups in total. The monoisotopic (exact) mass is 477 g/mol. The average Bonchev–Trinajstić information content (AvgIpc) is 3.19. The number of benzene rings is 3. The summed E-state index contributed by atoms with van der Waals surface area (Å²) in [6.45, 7) is -0.151. The van der Waals surface area contributed by atoms with Crippen molar-refractivity contribution in [3.8, 4) is 16.9 Å². The molecular weight excluding hydrogens is 450 g/mol. The van der Waals surface area contributed by atoms with Gasteiger partial charge in [-0.1, -0.05) is 60.7 Å². The number of carboxylic acids is 1. The SMILES string of the molecule is O=C(O)COc1ccc(C(O)C(O)CCNC(=O)OCC2c3ccccc3-c3ccccc32)cc1. The van der Waals surface area contributed by atoms with Gasteiger partial charge in [0.15, 0.2) is 6.61 Å². The molecule has 0 radical (unpaired) electrons. The van der Waals surface area contributed by atoms with Crippen molar-refractivity contribution in [1.29, 1.82) is 0 Å². The molecule has 0 fully saturated rings. The molecular formula is C27H27NO7. The maximum Gasteiger partial charge on any atom is 0.407 e. The molecule has 4 rings (SSSR count). The minimum absolute atomic E-state index is 0.0389. The van der Waals surface area contributed by atoms with Crippen LogP contribution in [0.4, 0.5) is 4.79 Å². The highest BCUT2D eigenvalue weighted by atomic mass is 16.5. The van der Waals surface area contributed by atoms with E-state index in [0.717, 1.165) is 22.3 Å². The van der Waals surface area contributed by atoms with Crippen LogP contribution in [0.2, 0.25) is 0 Å². The Bertz CT molecular complexity index is 1130. The van der Waals surface area contributed by atoms with Crippen LogP contribution in [0.5, 0.6) is 5.75 Å². The molecule has 8 heteroatoms. The molecule has 0 saturated carbocycles. The Morgan fingerprint density at radius 3 is 2.09 bits per heavy atom. The number of aliphatic hydroxyl groups is 2. The Kier molecular flexibility index (Phi) is 7.64. The van der Waals surface area contributed by atoms with Crippen LogP contribution in [0.1, 0.15) is 35.1 Å². The predicted molar refractivity (Wildman–Crippen MR) is 128 cm³/mol. The van der Waals surface area contributed by atoms with E-state index in [1.807, 2.05) is 36.4 Å². The van der Waals surface area contributed by atoms with Gasteiger partial charge in [0.2, 0.25) is 0 Å². The highest BCUT2D eigenvalue weighted by Gasteiger charge is 2.29. The minimum atomic E-state index is -1.17. The zero-order valence-electron chi connectivity index (χ0n) is 19.0. The van der Waals surface area contributed by atoms with E-state index in [2.05, 4.69) is 17.4 Å². The number of carboxylic acid groups (broad SMARTS) is 1. The third kappa shape index (κ3) is 5.79. The second-order valence-electron chi connectivity index (χ2n) is 8.30. The second-order valence-corrected chi connectivity index (χ2v) is 8.30. The number of aliphatic carboxylic acids is 1. The summed E-state index contributed by atoms with van der Waals surface area (Å²) in [5.41, 5.74) is 4.99. The van der Waals surface area contributed by atoms with Gasteiger partial charge < -0.3 is 30.1 Å². The van der Waals surface area contributed by atoms with Gasteiger partial charge in [0, 0.05) is 12.5 Å². The van der Waals surface area contributed by atoms with Crippen molar-refractivity contribution in [2.45, 2.75) is 24.5 Å². The van der Waals surface area contributed by atoms with E-state index in [0.29, 0.717) is 11.3 Å². The largest absolute Gasteiger partial charge is 0.482 e. The molecule has 182 valence electrons. The van der Waals surface area contributed by atoms with Gasteiger partial charge in [0.1, 0.15) is 18.5 Å². The van der Waals surface area contributed by atoms with Crippen LogP contribution in [0.25, 0.3) is 11.1 Å². The Morgan fingerprint density at radius 2 is 1.49 bits per heavy atom. The lowest BCUT2D eigenvalue weighted by molar-refractivity contribution is -0.139. The lowest BCUT2D eigenvalue weighted by Crippen LogP contribution is -2.30. The number of rotatable bonds is 10. The summed E-state index contributed by atoms with van der Waals surface area (Å²) in [5, 5.41) is 31.9. The smallest absolute Gasteiger partial charge is 0.407 e. The van der Waals surface area contributed by atoms with Crippen molar-refractivity contribution in [1.82, 2.24) is 5.32 Å². The van der Waals surface area contributed by atoms with Crippen LogP contribution in [-0.4, -0.2) is 53.2 Å². The number of hydrogen-bond donors (Lipinski definition) is 4. The van der Waals surface area contributed by atoms with E-state index >= 15 is 0 Å². The van der Waals surface area contributed by atoms with E-state index < -0.39 is 30.9 Å². The lowest BCUT2D eigenvalue weighted by atomic mass is 9.98.